The summed E-state index contributed by atoms with van der Waals surface area (Å²) < 4.78 is 46.2. The normalized spacial score (nSPS) is 27.9. The van der Waals surface area contributed by atoms with Crippen molar-refractivity contribution in [2.75, 3.05) is 20.3 Å². The van der Waals surface area contributed by atoms with Gasteiger partial charge in [0.1, 0.15) is 35.2 Å². The minimum Gasteiger partial charge on any atom is -0.496 e. The van der Waals surface area contributed by atoms with Crippen molar-refractivity contribution in [1.29, 1.82) is 0 Å². The maximum Gasteiger partial charge on any atom is 0.407 e. The molecule has 1 saturated heterocycles. The van der Waals surface area contributed by atoms with Gasteiger partial charge in [-0.2, -0.15) is 0 Å². The van der Waals surface area contributed by atoms with Gasteiger partial charge >= 0.3 is 6.09 Å². The molecule has 306 valence electrons. The molecule has 4 heterocycles. The molecule has 0 radical (unpaired) electrons. The molecule has 3 fully saturated rings. The number of rotatable bonds is 5. The Balaban J connectivity index is 1.19. The number of pyridine rings is 1. The number of nitrogens with one attached hydrogen (secondary N) is 3. The van der Waals surface area contributed by atoms with Gasteiger partial charge in [0.05, 0.1) is 36.7 Å². The Labute approximate surface area is 337 Å². The van der Waals surface area contributed by atoms with E-state index in [1.165, 1.54) is 4.90 Å². The van der Waals surface area contributed by atoms with E-state index in [2.05, 4.69) is 15.4 Å². The number of fused-ring (bicyclic) bond motifs is 4. The molecule has 5 aliphatic rings. The number of carbonyl (C=O) groups excluding carboxylic acids is 4. The molecular formula is C43H49N5O9S. The van der Waals surface area contributed by atoms with E-state index in [0.29, 0.717) is 73.0 Å². The van der Waals surface area contributed by atoms with Gasteiger partial charge in [0, 0.05) is 41.0 Å². The molecule has 2 aromatic carbocycles. The highest BCUT2D eigenvalue weighted by Crippen LogP contribution is 2.46. The van der Waals surface area contributed by atoms with Crippen molar-refractivity contribution < 1.29 is 41.8 Å². The van der Waals surface area contributed by atoms with Crippen LogP contribution in [-0.2, 0) is 29.1 Å². The van der Waals surface area contributed by atoms with E-state index in [1.54, 1.807) is 7.11 Å². The lowest BCUT2D eigenvalue weighted by Crippen LogP contribution is -2.58. The SMILES string of the molecule is COc1cc2nc(-c3ccccc3)cc3c2cc1/C=C/CCCOC(=O)N[C@H]1CCCCC/C=C\[C@H]2C[C@@]2(C(=O)NS(=O)(=O)C2CC2)NC(=O)[C@@H]2C[C@H](CN2C1=O)O3. The van der Waals surface area contributed by atoms with Gasteiger partial charge in [0.25, 0.3) is 5.91 Å². The number of nitrogens with zero attached hydrogens (tertiary/aromatic N) is 2. The zero-order chi connectivity index (χ0) is 40.4. The highest BCUT2D eigenvalue weighted by Gasteiger charge is 2.62. The number of hydrogen-bond donors (Lipinski definition) is 3. The van der Waals surface area contributed by atoms with Crippen LogP contribution in [0.4, 0.5) is 4.79 Å². The van der Waals surface area contributed by atoms with Crippen molar-refractivity contribution in [3.8, 4) is 22.8 Å². The van der Waals surface area contributed by atoms with Crippen LogP contribution in [-0.4, -0.2) is 91.4 Å². The van der Waals surface area contributed by atoms with E-state index in [-0.39, 0.29) is 26.0 Å². The predicted molar refractivity (Wildman–Crippen MR) is 216 cm³/mol. The number of allylic oxidation sites excluding steroid dienone is 2. The van der Waals surface area contributed by atoms with Crippen LogP contribution in [0.1, 0.15) is 76.2 Å². The molecule has 1 aromatic heterocycles. The smallest absolute Gasteiger partial charge is 0.407 e. The van der Waals surface area contributed by atoms with Crippen molar-refractivity contribution in [1.82, 2.24) is 25.2 Å². The summed E-state index contributed by atoms with van der Waals surface area (Å²) in [6.07, 6.45) is 11.9. The molecular weight excluding hydrogens is 763 g/mol. The standard InChI is InChI=1S/C43H49N5O9S/c1-55-37-24-35-32-21-28(37)15-9-6-12-20-56-42(52)45-33-17-11-4-2-3-10-16-29-25-43(29,41(51)47-58(53,54)31-18-19-31)46-39(49)36-22-30(26-48(36)40(33)50)57-38(32)23-34(44-35)27-13-7-5-8-14-27/h5,7-10,13-16,21,23-24,29-31,33,36H,2-4,6,11-12,17-20,22,25-26H2,1H3,(H,45,52)(H,46,49)(H,47,51)/b15-9+,16-10-/t29-,30+,33-,36-,43+/m0/s1. The Hall–Kier alpha value is -5.44. The summed E-state index contributed by atoms with van der Waals surface area (Å²) in [7, 11) is -2.31. The molecule has 14 nitrogen and oxygen atoms in total. The molecule has 58 heavy (non-hydrogen) atoms. The lowest BCUT2D eigenvalue weighted by molar-refractivity contribution is -0.141. The maximum atomic E-state index is 14.6. The van der Waals surface area contributed by atoms with Crippen LogP contribution in [0, 0.1) is 5.92 Å². The van der Waals surface area contributed by atoms with Gasteiger partial charge in [-0.25, -0.2) is 18.2 Å². The number of cyclic esters (lactones) is 1. The lowest BCUT2D eigenvalue weighted by atomic mass is 10.0. The third-order valence-corrected chi connectivity index (χ3v) is 13.5. The molecule has 3 aliphatic heterocycles. The van der Waals surface area contributed by atoms with E-state index in [9.17, 15) is 27.6 Å². The zero-order valence-corrected chi connectivity index (χ0v) is 33.3. The predicted octanol–water partition coefficient (Wildman–Crippen LogP) is 5.16. The van der Waals surface area contributed by atoms with E-state index in [0.717, 1.165) is 24.0 Å². The lowest BCUT2D eigenvalue weighted by Gasteiger charge is -2.29. The quantitative estimate of drug-likeness (QED) is 0.291. The molecule has 3 N–H and O–H groups in total. The largest absolute Gasteiger partial charge is 0.496 e. The topological polar surface area (TPSA) is 182 Å². The molecule has 0 unspecified atom stereocenters. The summed E-state index contributed by atoms with van der Waals surface area (Å²) in [5.74, 6) is -1.20. The molecule has 5 atom stereocenters. The first-order valence-electron chi connectivity index (χ1n) is 20.2. The number of amides is 4. The van der Waals surface area contributed by atoms with Crippen molar-refractivity contribution >= 4 is 50.8 Å². The van der Waals surface area contributed by atoms with Gasteiger partial charge in [-0.15, -0.1) is 0 Å². The molecule has 0 spiro atoms. The van der Waals surface area contributed by atoms with E-state index in [4.69, 9.17) is 19.2 Å². The minimum absolute atomic E-state index is 0.00383. The van der Waals surface area contributed by atoms with E-state index in [1.807, 2.05) is 72.8 Å². The summed E-state index contributed by atoms with van der Waals surface area (Å²) >= 11 is 0. The monoisotopic (exact) mass is 811 g/mol. The zero-order valence-electron chi connectivity index (χ0n) is 32.5. The number of methoxy groups -OCH3 is 1. The Kier molecular flexibility index (Phi) is 11.2. The molecule has 8 rings (SSSR count). The van der Waals surface area contributed by atoms with Crippen molar-refractivity contribution in [2.24, 2.45) is 5.92 Å². The number of carbonyl (C=O) groups is 4. The fraction of sp³-hybridized carbons (Fsp3) is 0.465. The van der Waals surface area contributed by atoms with Crippen LogP contribution < -0.4 is 24.8 Å². The molecule has 15 heteroatoms. The second-order valence-electron chi connectivity index (χ2n) is 15.9. The fourth-order valence-electron chi connectivity index (χ4n) is 8.19. The molecule has 4 amide bonds. The van der Waals surface area contributed by atoms with Gasteiger partial charge in [-0.3, -0.25) is 19.1 Å². The summed E-state index contributed by atoms with van der Waals surface area (Å²) in [4.78, 5) is 62.6. The Morgan fingerprint density at radius 3 is 2.60 bits per heavy atom. The fourth-order valence-corrected chi connectivity index (χ4v) is 9.55. The molecule has 3 aromatic rings. The number of benzene rings is 2. The minimum atomic E-state index is -3.90. The average Bonchev–Trinajstić information content (AvgIpc) is 4.14. The highest BCUT2D eigenvalue weighted by atomic mass is 32.2. The van der Waals surface area contributed by atoms with Gasteiger partial charge in [0.15, 0.2) is 0 Å². The van der Waals surface area contributed by atoms with Crippen LogP contribution >= 0.6 is 0 Å². The second-order valence-corrected chi connectivity index (χ2v) is 17.8. The molecule has 2 aliphatic carbocycles. The van der Waals surface area contributed by atoms with Crippen LogP contribution in [0.5, 0.6) is 11.5 Å². The molecule has 5 bridgehead atoms. The summed E-state index contributed by atoms with van der Waals surface area (Å²) in [6, 6.07) is 13.2. The number of hydrogen-bond acceptors (Lipinski definition) is 10. The van der Waals surface area contributed by atoms with Gasteiger partial charge in [0.2, 0.25) is 21.8 Å². The number of aromatic nitrogens is 1. The van der Waals surface area contributed by atoms with Crippen LogP contribution in [0.25, 0.3) is 28.2 Å². The van der Waals surface area contributed by atoms with Gasteiger partial charge < -0.3 is 29.7 Å². The second kappa shape index (κ2) is 16.4. The first-order chi connectivity index (χ1) is 28.0. The van der Waals surface area contributed by atoms with Gasteiger partial charge in [-0.05, 0) is 57.4 Å². The van der Waals surface area contributed by atoms with Crippen molar-refractivity contribution in [3.63, 3.8) is 0 Å². The number of ether oxygens (including phenoxy) is 3. The third kappa shape index (κ3) is 8.40. The van der Waals surface area contributed by atoms with Gasteiger partial charge in [-0.1, -0.05) is 67.5 Å². The first-order valence-corrected chi connectivity index (χ1v) is 21.8. The maximum absolute atomic E-state index is 14.6. The Morgan fingerprint density at radius 2 is 1.81 bits per heavy atom. The van der Waals surface area contributed by atoms with E-state index < -0.39 is 68.7 Å². The van der Waals surface area contributed by atoms with Crippen LogP contribution in [0.15, 0.2) is 66.8 Å². The van der Waals surface area contributed by atoms with Crippen LogP contribution in [0.2, 0.25) is 0 Å². The average molecular weight is 812 g/mol. The third-order valence-electron chi connectivity index (χ3n) is 11.7. The van der Waals surface area contributed by atoms with E-state index >= 15 is 0 Å². The number of alkyl carbamates (subject to hydrolysis) is 1. The Morgan fingerprint density at radius 1 is 1.00 bits per heavy atom. The van der Waals surface area contributed by atoms with Crippen LogP contribution in [0.3, 0.4) is 0 Å². The highest BCUT2D eigenvalue weighted by molar-refractivity contribution is 7.91. The van der Waals surface area contributed by atoms with Crippen molar-refractivity contribution in [3.05, 3.63) is 72.3 Å². The summed E-state index contributed by atoms with van der Waals surface area (Å²) in [5, 5.41) is 5.77. The summed E-state index contributed by atoms with van der Waals surface area (Å²) in [5.41, 5.74) is 1.42. The first kappa shape index (κ1) is 39.4. The summed E-state index contributed by atoms with van der Waals surface area (Å²) in [6.45, 7) is 0.122. The number of sulfonamides is 1. The Bertz CT molecular complexity index is 2260. The van der Waals surface area contributed by atoms with Crippen molar-refractivity contribution in [2.45, 2.75) is 99.6 Å². The molecule has 2 saturated carbocycles.